The Kier molecular flexibility index (Phi) is 5.23. The highest BCUT2D eigenvalue weighted by Gasteiger charge is 2.21. The Morgan fingerprint density at radius 1 is 1.25 bits per heavy atom. The van der Waals surface area contributed by atoms with E-state index in [0.717, 1.165) is 18.8 Å². The fraction of sp³-hybridized carbons (Fsp3) is 0.500. The van der Waals surface area contributed by atoms with E-state index in [0.29, 0.717) is 24.9 Å². The van der Waals surface area contributed by atoms with Gasteiger partial charge < -0.3 is 9.64 Å². The first-order chi connectivity index (χ1) is 9.58. The molecule has 2 rings (SSSR count). The summed E-state index contributed by atoms with van der Waals surface area (Å²) in [5.41, 5.74) is 0.847. The summed E-state index contributed by atoms with van der Waals surface area (Å²) in [5, 5.41) is 0.664. The molecule has 0 aromatic heterocycles. The predicted octanol–water partition coefficient (Wildman–Crippen LogP) is 2.12. The molecule has 110 valence electrons. The van der Waals surface area contributed by atoms with Crippen molar-refractivity contribution in [3.05, 3.63) is 29.3 Å². The van der Waals surface area contributed by atoms with E-state index in [1.807, 2.05) is 12.1 Å². The number of hydrogen-bond donors (Lipinski definition) is 0. The van der Waals surface area contributed by atoms with Crippen molar-refractivity contribution in [1.29, 1.82) is 0 Å². The van der Waals surface area contributed by atoms with Crippen LogP contribution in [0.25, 0.3) is 0 Å². The number of hydrogen-bond acceptors (Lipinski definition) is 3. The molecule has 5 nitrogen and oxygen atoms in total. The highest BCUT2D eigenvalue weighted by Crippen LogP contribution is 2.19. The maximum absolute atomic E-state index is 12.4. The average Bonchev–Trinajstić information content (AvgIpc) is 2.46. The number of carbonyl (C=O) groups is 1. The highest BCUT2D eigenvalue weighted by molar-refractivity contribution is 6.30. The Morgan fingerprint density at radius 3 is 2.40 bits per heavy atom. The number of morpholine rings is 1. The quantitative estimate of drug-likeness (QED) is 0.857. The summed E-state index contributed by atoms with van der Waals surface area (Å²) < 4.78 is 5.34. The van der Waals surface area contributed by atoms with Crippen molar-refractivity contribution in [2.24, 2.45) is 0 Å². The average molecular weight is 298 g/mol. The third-order valence-electron chi connectivity index (χ3n) is 3.20. The number of amides is 2. The highest BCUT2D eigenvalue weighted by atomic mass is 35.5. The van der Waals surface area contributed by atoms with Crippen LogP contribution in [-0.2, 0) is 4.74 Å². The minimum Gasteiger partial charge on any atom is -0.379 e. The number of ether oxygens (including phenoxy) is 1. The predicted molar refractivity (Wildman–Crippen MR) is 80.3 cm³/mol. The number of carbonyl (C=O) groups excluding carboxylic acids is 1. The van der Waals surface area contributed by atoms with Crippen molar-refractivity contribution in [1.82, 2.24) is 9.80 Å². The van der Waals surface area contributed by atoms with Gasteiger partial charge >= 0.3 is 6.03 Å². The van der Waals surface area contributed by atoms with Crippen LogP contribution < -0.4 is 4.90 Å². The van der Waals surface area contributed by atoms with Crippen molar-refractivity contribution in [3.63, 3.8) is 0 Å². The largest absolute Gasteiger partial charge is 0.379 e. The van der Waals surface area contributed by atoms with Gasteiger partial charge in [-0.1, -0.05) is 11.6 Å². The maximum atomic E-state index is 12.4. The van der Waals surface area contributed by atoms with Crippen molar-refractivity contribution in [3.8, 4) is 0 Å². The van der Waals surface area contributed by atoms with Crippen LogP contribution in [0, 0.1) is 0 Å². The molecule has 1 fully saturated rings. The van der Waals surface area contributed by atoms with Crippen molar-refractivity contribution in [2.45, 2.75) is 0 Å². The molecule has 2 amide bonds. The van der Waals surface area contributed by atoms with Crippen LogP contribution in [0.4, 0.5) is 10.5 Å². The van der Waals surface area contributed by atoms with E-state index >= 15 is 0 Å². The minimum atomic E-state index is -0.0428. The molecular formula is C14H20ClN3O2. The van der Waals surface area contributed by atoms with Crippen LogP contribution in [-0.4, -0.2) is 62.9 Å². The second-order valence-corrected chi connectivity index (χ2v) is 5.39. The standard InChI is InChI=1S/C14H20ClN3O2/c1-16(2)14(19)18(11-17-7-9-20-10-8-17)13-5-3-12(15)4-6-13/h3-6H,7-11H2,1-2H3. The topological polar surface area (TPSA) is 36.0 Å². The van der Waals surface area contributed by atoms with Gasteiger partial charge in [-0.3, -0.25) is 9.80 Å². The van der Waals surface area contributed by atoms with E-state index in [1.54, 1.807) is 36.0 Å². The van der Waals surface area contributed by atoms with Gasteiger partial charge in [0, 0.05) is 37.9 Å². The summed E-state index contributed by atoms with van der Waals surface area (Å²) in [6.45, 7) is 3.66. The smallest absolute Gasteiger partial charge is 0.325 e. The first-order valence-electron chi connectivity index (χ1n) is 6.62. The lowest BCUT2D eigenvalue weighted by molar-refractivity contribution is 0.0384. The first kappa shape index (κ1) is 15.1. The fourth-order valence-corrected chi connectivity index (χ4v) is 2.18. The monoisotopic (exact) mass is 297 g/mol. The third-order valence-corrected chi connectivity index (χ3v) is 3.45. The van der Waals surface area contributed by atoms with Crippen molar-refractivity contribution in [2.75, 3.05) is 52.0 Å². The van der Waals surface area contributed by atoms with Gasteiger partial charge in [0.05, 0.1) is 19.9 Å². The van der Waals surface area contributed by atoms with Crippen LogP contribution in [0.2, 0.25) is 5.02 Å². The molecule has 0 atom stereocenters. The first-order valence-corrected chi connectivity index (χ1v) is 7.00. The molecule has 0 spiro atoms. The summed E-state index contributed by atoms with van der Waals surface area (Å²) in [6, 6.07) is 7.28. The number of rotatable bonds is 3. The van der Waals surface area contributed by atoms with Crippen LogP contribution in [0.3, 0.4) is 0 Å². The zero-order chi connectivity index (χ0) is 14.5. The molecule has 0 bridgehead atoms. The summed E-state index contributed by atoms with van der Waals surface area (Å²) in [4.78, 5) is 17.9. The Morgan fingerprint density at radius 2 is 1.85 bits per heavy atom. The maximum Gasteiger partial charge on any atom is 0.325 e. The molecule has 1 aromatic rings. The molecule has 1 heterocycles. The van der Waals surface area contributed by atoms with Gasteiger partial charge in [0.15, 0.2) is 0 Å². The van der Waals surface area contributed by atoms with E-state index in [9.17, 15) is 4.79 Å². The van der Waals surface area contributed by atoms with E-state index in [1.165, 1.54) is 0 Å². The Hall–Kier alpha value is -1.30. The molecule has 0 radical (unpaired) electrons. The van der Waals surface area contributed by atoms with Crippen LogP contribution in [0.15, 0.2) is 24.3 Å². The molecule has 6 heteroatoms. The van der Waals surface area contributed by atoms with Gasteiger partial charge in [-0.15, -0.1) is 0 Å². The van der Waals surface area contributed by atoms with Gasteiger partial charge in [0.2, 0.25) is 0 Å². The summed E-state index contributed by atoms with van der Waals surface area (Å²) in [7, 11) is 3.51. The lowest BCUT2D eigenvalue weighted by atomic mass is 10.3. The van der Waals surface area contributed by atoms with Crippen LogP contribution >= 0.6 is 11.6 Å². The van der Waals surface area contributed by atoms with Crippen molar-refractivity contribution >= 4 is 23.3 Å². The summed E-state index contributed by atoms with van der Waals surface area (Å²) in [6.07, 6.45) is 0. The van der Waals surface area contributed by atoms with Crippen LogP contribution in [0.5, 0.6) is 0 Å². The Bertz CT molecular complexity index is 444. The second-order valence-electron chi connectivity index (χ2n) is 4.95. The third kappa shape index (κ3) is 3.85. The molecule has 1 aliphatic heterocycles. The van der Waals surface area contributed by atoms with Gasteiger partial charge in [0.25, 0.3) is 0 Å². The molecule has 1 aromatic carbocycles. The van der Waals surface area contributed by atoms with Gasteiger partial charge in [-0.05, 0) is 24.3 Å². The number of anilines is 1. The SMILES string of the molecule is CN(C)C(=O)N(CN1CCOCC1)c1ccc(Cl)cc1. The molecule has 1 saturated heterocycles. The Balaban J connectivity index is 2.15. The van der Waals surface area contributed by atoms with Crippen LogP contribution in [0.1, 0.15) is 0 Å². The van der Waals surface area contributed by atoms with Crippen molar-refractivity contribution < 1.29 is 9.53 Å². The summed E-state index contributed by atoms with van der Waals surface area (Å²) in [5.74, 6) is 0. The molecule has 0 N–H and O–H groups in total. The Labute approximate surface area is 124 Å². The molecular weight excluding hydrogens is 278 g/mol. The normalized spacial score (nSPS) is 15.9. The van der Waals surface area contributed by atoms with E-state index < -0.39 is 0 Å². The van der Waals surface area contributed by atoms with Gasteiger partial charge in [-0.2, -0.15) is 0 Å². The number of benzene rings is 1. The van der Waals surface area contributed by atoms with Gasteiger partial charge in [-0.25, -0.2) is 4.79 Å². The molecule has 0 aliphatic carbocycles. The lowest BCUT2D eigenvalue weighted by Crippen LogP contribution is -2.49. The van der Waals surface area contributed by atoms with E-state index in [4.69, 9.17) is 16.3 Å². The molecule has 20 heavy (non-hydrogen) atoms. The number of halogens is 1. The number of urea groups is 1. The van der Waals surface area contributed by atoms with Gasteiger partial charge in [0.1, 0.15) is 0 Å². The second kappa shape index (κ2) is 6.92. The van der Waals surface area contributed by atoms with E-state index in [2.05, 4.69) is 4.90 Å². The minimum absolute atomic E-state index is 0.0428. The fourth-order valence-electron chi connectivity index (χ4n) is 2.06. The van der Waals surface area contributed by atoms with E-state index in [-0.39, 0.29) is 6.03 Å². The molecule has 1 aliphatic rings. The number of nitrogens with zero attached hydrogens (tertiary/aromatic N) is 3. The molecule has 0 saturated carbocycles. The molecule has 0 unspecified atom stereocenters. The zero-order valence-corrected chi connectivity index (χ0v) is 12.6. The summed E-state index contributed by atoms with van der Waals surface area (Å²) >= 11 is 5.91. The lowest BCUT2D eigenvalue weighted by Gasteiger charge is -2.34. The zero-order valence-electron chi connectivity index (χ0n) is 11.9.